The lowest BCUT2D eigenvalue weighted by molar-refractivity contribution is -0.119. The molecule has 0 spiro atoms. The Morgan fingerprint density at radius 3 is 1.72 bits per heavy atom. The van der Waals surface area contributed by atoms with Crippen LogP contribution < -0.4 is 0 Å². The normalized spacial score (nSPS) is 10.3. The smallest absolute Gasteiger partial charge is 0.180 e. The van der Waals surface area contributed by atoms with Gasteiger partial charge in [0.1, 0.15) is 13.2 Å². The molecule has 4 heteroatoms. The summed E-state index contributed by atoms with van der Waals surface area (Å²) in [5, 5.41) is 0. The Morgan fingerprint density at radius 1 is 1.00 bits per heavy atom. The van der Waals surface area contributed by atoms with Gasteiger partial charge in [-0.05, 0) is 30.9 Å². The maximum Gasteiger partial charge on any atom is 0.180 e. The van der Waals surface area contributed by atoms with Gasteiger partial charge in [-0.15, -0.1) is 0 Å². The first kappa shape index (κ1) is 16.7. The Hall–Kier alpha value is -1.26. The maximum atomic E-state index is 10.9. The highest BCUT2D eigenvalue weighted by Crippen LogP contribution is 2.07. The summed E-state index contributed by atoms with van der Waals surface area (Å²) in [6, 6.07) is 0. The third kappa shape index (κ3) is 9.93. The number of ether oxygens (including phenoxy) is 2. The predicted octanol–water partition coefficient (Wildman–Crippen LogP) is 1.95. The largest absolute Gasteiger partial charge is 0.373 e. The highest BCUT2D eigenvalue weighted by Gasteiger charge is 2.04. The van der Waals surface area contributed by atoms with Gasteiger partial charge in [0.2, 0.25) is 0 Å². The molecule has 0 saturated heterocycles. The van der Waals surface area contributed by atoms with Crippen molar-refractivity contribution in [1.29, 1.82) is 0 Å². The van der Waals surface area contributed by atoms with E-state index in [1.54, 1.807) is 0 Å². The Balaban J connectivity index is 3.40. The SMILES string of the molecule is C=CC(=O)COCCC(C)CCOCC(=O)C=C. The van der Waals surface area contributed by atoms with Crippen LogP contribution in [0.15, 0.2) is 25.3 Å². The molecule has 18 heavy (non-hydrogen) atoms. The zero-order valence-electron chi connectivity index (χ0n) is 11.0. The highest BCUT2D eigenvalue weighted by atomic mass is 16.5. The van der Waals surface area contributed by atoms with Crippen LogP contribution in [0, 0.1) is 5.92 Å². The molecule has 0 amide bonds. The molecule has 0 aromatic carbocycles. The summed E-state index contributed by atoms with van der Waals surface area (Å²) in [7, 11) is 0. The lowest BCUT2D eigenvalue weighted by atomic mass is 10.1. The third-order valence-corrected chi connectivity index (χ3v) is 2.45. The van der Waals surface area contributed by atoms with Crippen molar-refractivity contribution in [2.75, 3.05) is 26.4 Å². The van der Waals surface area contributed by atoms with Gasteiger partial charge in [-0.25, -0.2) is 0 Å². The van der Waals surface area contributed by atoms with Crippen LogP contribution in [0.25, 0.3) is 0 Å². The summed E-state index contributed by atoms with van der Waals surface area (Å²) >= 11 is 0. The number of rotatable bonds is 12. The van der Waals surface area contributed by atoms with E-state index < -0.39 is 0 Å². The van der Waals surface area contributed by atoms with Gasteiger partial charge >= 0.3 is 0 Å². The highest BCUT2D eigenvalue weighted by molar-refractivity contribution is 5.90. The zero-order valence-corrected chi connectivity index (χ0v) is 11.0. The van der Waals surface area contributed by atoms with E-state index in [1.165, 1.54) is 12.2 Å². The molecule has 0 aromatic heterocycles. The zero-order chi connectivity index (χ0) is 13.8. The molecule has 0 fully saturated rings. The van der Waals surface area contributed by atoms with Crippen LogP contribution in [0.3, 0.4) is 0 Å². The van der Waals surface area contributed by atoms with Crippen LogP contribution in [0.1, 0.15) is 19.8 Å². The summed E-state index contributed by atoms with van der Waals surface area (Å²) in [6.45, 7) is 10.1. The fraction of sp³-hybridized carbons (Fsp3) is 0.571. The first-order valence-corrected chi connectivity index (χ1v) is 6.06. The van der Waals surface area contributed by atoms with Crippen molar-refractivity contribution in [2.24, 2.45) is 5.92 Å². The van der Waals surface area contributed by atoms with Gasteiger partial charge in [0.15, 0.2) is 11.6 Å². The fourth-order valence-corrected chi connectivity index (χ4v) is 1.18. The van der Waals surface area contributed by atoms with Crippen LogP contribution in [0.5, 0.6) is 0 Å². The molecule has 0 atom stereocenters. The van der Waals surface area contributed by atoms with E-state index in [1.807, 2.05) is 0 Å². The molecule has 0 aliphatic heterocycles. The molecule has 0 radical (unpaired) electrons. The molecule has 0 aliphatic rings. The standard InChI is InChI=1S/C14H22O4/c1-4-13(15)10-17-8-6-12(3)7-9-18-11-14(16)5-2/h4-5,12H,1-2,6-11H2,3H3. The van der Waals surface area contributed by atoms with Gasteiger partial charge in [-0.2, -0.15) is 0 Å². The van der Waals surface area contributed by atoms with Crippen molar-refractivity contribution in [2.45, 2.75) is 19.8 Å². The van der Waals surface area contributed by atoms with Gasteiger partial charge in [-0.3, -0.25) is 9.59 Å². The van der Waals surface area contributed by atoms with Crippen molar-refractivity contribution in [3.8, 4) is 0 Å². The molecule has 0 aromatic rings. The minimum Gasteiger partial charge on any atom is -0.373 e. The van der Waals surface area contributed by atoms with Crippen LogP contribution in [0.2, 0.25) is 0 Å². The van der Waals surface area contributed by atoms with Crippen LogP contribution in [-0.2, 0) is 19.1 Å². The molecule has 0 aliphatic carbocycles. The van der Waals surface area contributed by atoms with Gasteiger partial charge in [0.25, 0.3) is 0 Å². The molecular weight excluding hydrogens is 232 g/mol. The van der Waals surface area contributed by atoms with Crippen LogP contribution >= 0.6 is 0 Å². The van der Waals surface area contributed by atoms with E-state index in [0.29, 0.717) is 19.1 Å². The Kier molecular flexibility index (Phi) is 10.1. The van der Waals surface area contributed by atoms with E-state index in [4.69, 9.17) is 9.47 Å². The van der Waals surface area contributed by atoms with Gasteiger partial charge in [-0.1, -0.05) is 20.1 Å². The average Bonchev–Trinajstić information content (AvgIpc) is 2.38. The van der Waals surface area contributed by atoms with E-state index in [9.17, 15) is 9.59 Å². The minimum atomic E-state index is -0.103. The molecule has 0 rings (SSSR count). The average molecular weight is 254 g/mol. The Bertz CT molecular complexity index is 256. The van der Waals surface area contributed by atoms with Crippen molar-refractivity contribution < 1.29 is 19.1 Å². The molecular formula is C14H22O4. The van der Waals surface area contributed by atoms with E-state index in [0.717, 1.165) is 12.8 Å². The molecule has 0 unspecified atom stereocenters. The second-order valence-corrected chi connectivity index (χ2v) is 4.13. The fourth-order valence-electron chi connectivity index (χ4n) is 1.18. The number of ketones is 2. The summed E-state index contributed by atoms with van der Waals surface area (Å²) in [6.07, 6.45) is 4.24. The van der Waals surface area contributed by atoms with Crippen molar-refractivity contribution in [3.63, 3.8) is 0 Å². The third-order valence-electron chi connectivity index (χ3n) is 2.45. The molecule has 0 N–H and O–H groups in total. The number of carbonyl (C=O) groups excluding carboxylic acids is 2. The Morgan fingerprint density at radius 2 is 1.39 bits per heavy atom. The van der Waals surface area contributed by atoms with E-state index in [-0.39, 0.29) is 24.8 Å². The quantitative estimate of drug-likeness (QED) is 0.394. The van der Waals surface area contributed by atoms with E-state index in [2.05, 4.69) is 20.1 Å². The van der Waals surface area contributed by atoms with Crippen molar-refractivity contribution in [1.82, 2.24) is 0 Å². The van der Waals surface area contributed by atoms with Gasteiger partial charge in [0, 0.05) is 13.2 Å². The number of carbonyl (C=O) groups is 2. The first-order valence-electron chi connectivity index (χ1n) is 6.06. The van der Waals surface area contributed by atoms with Crippen LogP contribution in [0.4, 0.5) is 0 Å². The Labute approximate surface area is 109 Å². The molecule has 0 heterocycles. The van der Waals surface area contributed by atoms with Gasteiger partial charge < -0.3 is 9.47 Å². The summed E-state index contributed by atoms with van der Waals surface area (Å²) in [5.41, 5.74) is 0. The number of hydrogen-bond donors (Lipinski definition) is 0. The summed E-state index contributed by atoms with van der Waals surface area (Å²) < 4.78 is 10.4. The predicted molar refractivity (Wildman–Crippen MR) is 70.4 cm³/mol. The van der Waals surface area contributed by atoms with Gasteiger partial charge in [0.05, 0.1) is 0 Å². The molecule has 0 saturated carbocycles. The number of hydrogen-bond acceptors (Lipinski definition) is 4. The lowest BCUT2D eigenvalue weighted by Crippen LogP contribution is -2.11. The summed E-state index contributed by atoms with van der Waals surface area (Å²) in [5.74, 6) is 0.227. The van der Waals surface area contributed by atoms with E-state index >= 15 is 0 Å². The molecule has 102 valence electrons. The summed E-state index contributed by atoms with van der Waals surface area (Å²) in [4.78, 5) is 21.7. The lowest BCUT2D eigenvalue weighted by Gasteiger charge is -2.11. The molecule has 0 bridgehead atoms. The minimum absolute atomic E-state index is 0.0978. The van der Waals surface area contributed by atoms with Crippen molar-refractivity contribution in [3.05, 3.63) is 25.3 Å². The second kappa shape index (κ2) is 10.9. The van der Waals surface area contributed by atoms with Crippen molar-refractivity contribution >= 4 is 11.6 Å². The topological polar surface area (TPSA) is 52.6 Å². The second-order valence-electron chi connectivity index (χ2n) is 4.13. The molecule has 4 nitrogen and oxygen atoms in total. The first-order chi connectivity index (χ1) is 8.60. The maximum absolute atomic E-state index is 10.9. The van der Waals surface area contributed by atoms with Crippen LogP contribution in [-0.4, -0.2) is 38.0 Å². The monoisotopic (exact) mass is 254 g/mol.